The van der Waals surface area contributed by atoms with Crippen LogP contribution >= 0.6 is 0 Å². The van der Waals surface area contributed by atoms with Crippen molar-refractivity contribution in [3.8, 4) is 0 Å². The van der Waals surface area contributed by atoms with Crippen molar-refractivity contribution in [2.45, 2.75) is 32.1 Å². The molecular weight excluding hydrogens is 340 g/mol. The Labute approximate surface area is 159 Å². The second-order valence-electron chi connectivity index (χ2n) is 6.32. The van der Waals surface area contributed by atoms with E-state index in [1.54, 1.807) is 0 Å². The minimum absolute atomic E-state index is 0.209. The largest absolute Gasteiger partial charge is 0.478 e. The van der Waals surface area contributed by atoms with Gasteiger partial charge in [-0.1, -0.05) is 72.8 Å². The summed E-state index contributed by atoms with van der Waals surface area (Å²) in [7, 11) is 0. The third-order valence-corrected chi connectivity index (χ3v) is 4.32. The first-order chi connectivity index (χ1) is 13.1. The number of carbonyl (C=O) groups is 2. The van der Waals surface area contributed by atoms with Crippen molar-refractivity contribution < 1.29 is 19.8 Å². The van der Waals surface area contributed by atoms with Crippen LogP contribution in [-0.4, -0.2) is 22.2 Å². The molecule has 0 aliphatic carbocycles. The lowest BCUT2D eigenvalue weighted by molar-refractivity contribution is -0.133. The summed E-state index contributed by atoms with van der Waals surface area (Å²) in [5, 5.41) is 18.8. The Bertz CT molecular complexity index is 805. The monoisotopic (exact) mass is 364 g/mol. The smallest absolute Gasteiger partial charge is 0.331 e. The SMILES string of the molecule is O=C(O)C(=CC=C(CCc1ccccc1)C(=O)O)CCCc1ccccc1. The second kappa shape index (κ2) is 10.8. The van der Waals surface area contributed by atoms with Crippen molar-refractivity contribution in [3.63, 3.8) is 0 Å². The highest BCUT2D eigenvalue weighted by Crippen LogP contribution is 2.14. The van der Waals surface area contributed by atoms with Crippen molar-refractivity contribution in [1.29, 1.82) is 0 Å². The molecule has 2 N–H and O–H groups in total. The number of aryl methyl sites for hydroxylation is 2. The maximum atomic E-state index is 11.5. The molecule has 4 heteroatoms. The summed E-state index contributed by atoms with van der Waals surface area (Å²) in [5.74, 6) is -2.02. The number of rotatable bonds is 10. The van der Waals surface area contributed by atoms with Gasteiger partial charge in [-0.15, -0.1) is 0 Å². The molecule has 0 radical (unpaired) electrons. The Morgan fingerprint density at radius 2 is 1.11 bits per heavy atom. The lowest BCUT2D eigenvalue weighted by Crippen LogP contribution is -2.04. The average molecular weight is 364 g/mol. The molecule has 0 spiro atoms. The van der Waals surface area contributed by atoms with Crippen LogP contribution in [0.4, 0.5) is 0 Å². The van der Waals surface area contributed by atoms with Gasteiger partial charge in [-0.25, -0.2) is 9.59 Å². The Balaban J connectivity index is 1.99. The van der Waals surface area contributed by atoms with E-state index >= 15 is 0 Å². The molecule has 0 heterocycles. The summed E-state index contributed by atoms with van der Waals surface area (Å²) in [4.78, 5) is 22.9. The number of aliphatic carboxylic acids is 2. The standard InChI is InChI=1S/C23H24O4/c24-22(25)20(13-7-12-18-8-3-1-4-9-18)16-17-21(23(26)27)15-14-19-10-5-2-6-11-19/h1-6,8-11,16-17H,7,12-15H2,(H,24,25)(H,26,27). The molecule has 2 aromatic rings. The second-order valence-corrected chi connectivity index (χ2v) is 6.32. The lowest BCUT2D eigenvalue weighted by atomic mass is 10.0. The molecule has 0 fully saturated rings. The van der Waals surface area contributed by atoms with Crippen molar-refractivity contribution in [3.05, 3.63) is 95.1 Å². The lowest BCUT2D eigenvalue weighted by Gasteiger charge is -2.04. The van der Waals surface area contributed by atoms with E-state index in [-0.39, 0.29) is 11.1 Å². The van der Waals surface area contributed by atoms with Crippen molar-refractivity contribution in [2.75, 3.05) is 0 Å². The molecule has 4 nitrogen and oxygen atoms in total. The van der Waals surface area contributed by atoms with E-state index in [1.807, 2.05) is 60.7 Å². The van der Waals surface area contributed by atoms with Gasteiger partial charge in [0.25, 0.3) is 0 Å². The van der Waals surface area contributed by atoms with Gasteiger partial charge in [0.05, 0.1) is 0 Å². The first-order valence-corrected chi connectivity index (χ1v) is 9.00. The zero-order valence-corrected chi connectivity index (χ0v) is 15.2. The van der Waals surface area contributed by atoms with Crippen LogP contribution < -0.4 is 0 Å². The summed E-state index contributed by atoms with van der Waals surface area (Å²) >= 11 is 0. The fourth-order valence-corrected chi connectivity index (χ4v) is 2.78. The van der Waals surface area contributed by atoms with E-state index in [9.17, 15) is 19.8 Å². The number of carboxylic acid groups (broad SMARTS) is 2. The topological polar surface area (TPSA) is 74.6 Å². The quantitative estimate of drug-likeness (QED) is 0.475. The van der Waals surface area contributed by atoms with Gasteiger partial charge in [-0.05, 0) is 43.2 Å². The first-order valence-electron chi connectivity index (χ1n) is 9.00. The minimum Gasteiger partial charge on any atom is -0.478 e. The average Bonchev–Trinajstić information content (AvgIpc) is 2.67. The molecule has 0 unspecified atom stereocenters. The molecular formula is C23H24O4. The highest BCUT2D eigenvalue weighted by atomic mass is 16.4. The number of allylic oxidation sites excluding steroid dienone is 2. The Hall–Kier alpha value is -3.14. The Morgan fingerprint density at radius 3 is 1.59 bits per heavy atom. The van der Waals surface area contributed by atoms with Gasteiger partial charge in [-0.3, -0.25) is 0 Å². The van der Waals surface area contributed by atoms with Crippen LogP contribution in [0, 0.1) is 0 Å². The molecule has 140 valence electrons. The van der Waals surface area contributed by atoms with E-state index in [0.717, 1.165) is 17.5 Å². The molecule has 0 aliphatic heterocycles. The number of benzene rings is 2. The molecule has 2 rings (SSSR count). The molecule has 0 amide bonds. The molecule has 0 aliphatic rings. The maximum absolute atomic E-state index is 11.5. The van der Waals surface area contributed by atoms with E-state index in [2.05, 4.69) is 0 Å². The third-order valence-electron chi connectivity index (χ3n) is 4.32. The molecule has 0 atom stereocenters. The van der Waals surface area contributed by atoms with Crippen molar-refractivity contribution in [2.24, 2.45) is 0 Å². The molecule has 0 aromatic heterocycles. The number of hydrogen-bond acceptors (Lipinski definition) is 2. The van der Waals surface area contributed by atoms with Crippen molar-refractivity contribution in [1.82, 2.24) is 0 Å². The van der Waals surface area contributed by atoms with E-state index in [1.165, 1.54) is 12.2 Å². The van der Waals surface area contributed by atoms with E-state index in [0.29, 0.717) is 25.7 Å². The van der Waals surface area contributed by atoms with Gasteiger partial charge >= 0.3 is 11.9 Å². The molecule has 0 saturated heterocycles. The van der Waals surface area contributed by atoms with Gasteiger partial charge in [0, 0.05) is 11.1 Å². The van der Waals surface area contributed by atoms with Crippen LogP contribution in [0.5, 0.6) is 0 Å². The van der Waals surface area contributed by atoms with Gasteiger partial charge in [0.2, 0.25) is 0 Å². The van der Waals surface area contributed by atoms with Crippen LogP contribution in [0.15, 0.2) is 84.0 Å². The Morgan fingerprint density at radius 1 is 0.667 bits per heavy atom. The number of carboxylic acids is 2. The van der Waals surface area contributed by atoms with E-state index in [4.69, 9.17) is 0 Å². The van der Waals surface area contributed by atoms with Gasteiger partial charge in [0.15, 0.2) is 0 Å². The normalized spacial score (nSPS) is 12.0. The summed E-state index contributed by atoms with van der Waals surface area (Å²) in [6, 6.07) is 19.5. The van der Waals surface area contributed by atoms with Gasteiger partial charge < -0.3 is 10.2 Å². The van der Waals surface area contributed by atoms with Crippen LogP contribution in [0.1, 0.15) is 30.4 Å². The molecule has 0 saturated carbocycles. The van der Waals surface area contributed by atoms with E-state index < -0.39 is 11.9 Å². The van der Waals surface area contributed by atoms with Crippen molar-refractivity contribution >= 4 is 11.9 Å². The maximum Gasteiger partial charge on any atom is 0.331 e. The summed E-state index contributed by atoms with van der Waals surface area (Å²) in [6.07, 6.45) is 5.69. The summed E-state index contributed by atoms with van der Waals surface area (Å²) in [6.45, 7) is 0. The summed E-state index contributed by atoms with van der Waals surface area (Å²) < 4.78 is 0. The molecule has 0 bridgehead atoms. The fraction of sp³-hybridized carbons (Fsp3) is 0.217. The molecule has 2 aromatic carbocycles. The van der Waals surface area contributed by atoms with Crippen LogP contribution in [0.2, 0.25) is 0 Å². The Kier molecular flexibility index (Phi) is 8.04. The zero-order valence-electron chi connectivity index (χ0n) is 15.2. The minimum atomic E-state index is -1.02. The first kappa shape index (κ1) is 20.2. The number of hydrogen-bond donors (Lipinski definition) is 2. The van der Waals surface area contributed by atoms with Crippen LogP contribution in [-0.2, 0) is 22.4 Å². The fourth-order valence-electron chi connectivity index (χ4n) is 2.78. The highest BCUT2D eigenvalue weighted by Gasteiger charge is 2.10. The van der Waals surface area contributed by atoms with Crippen LogP contribution in [0.25, 0.3) is 0 Å². The third kappa shape index (κ3) is 7.32. The van der Waals surface area contributed by atoms with Gasteiger partial charge in [0.1, 0.15) is 0 Å². The predicted molar refractivity (Wildman–Crippen MR) is 106 cm³/mol. The van der Waals surface area contributed by atoms with Gasteiger partial charge in [-0.2, -0.15) is 0 Å². The van der Waals surface area contributed by atoms with Crippen LogP contribution in [0.3, 0.4) is 0 Å². The predicted octanol–water partition coefficient (Wildman–Crippen LogP) is 4.66. The summed E-state index contributed by atoms with van der Waals surface area (Å²) in [5.41, 5.74) is 2.65. The zero-order chi connectivity index (χ0) is 19.5. The molecule has 27 heavy (non-hydrogen) atoms. The highest BCUT2D eigenvalue weighted by molar-refractivity contribution is 5.89.